The molecule has 3 amide bonds. The van der Waals surface area contributed by atoms with Crippen LogP contribution in [0, 0.1) is 5.82 Å². The zero-order chi connectivity index (χ0) is 23.0. The number of amides is 3. The van der Waals surface area contributed by atoms with Gasteiger partial charge in [0.05, 0.1) is 16.8 Å². The van der Waals surface area contributed by atoms with Crippen LogP contribution in [0.5, 0.6) is 0 Å². The van der Waals surface area contributed by atoms with Crippen LogP contribution < -0.4 is 10.6 Å². The number of benzene rings is 1. The molecule has 2 heterocycles. The van der Waals surface area contributed by atoms with Gasteiger partial charge >= 0.3 is 12.2 Å². The number of carbonyl (C=O) groups excluding carboxylic acids is 2. The Morgan fingerprint density at radius 3 is 2.65 bits per heavy atom. The number of hydrogen-bond donors (Lipinski definition) is 2. The molecule has 6 nitrogen and oxygen atoms in total. The lowest BCUT2D eigenvalue weighted by molar-refractivity contribution is -0.141. The van der Waals surface area contributed by atoms with Crippen molar-refractivity contribution < 1.29 is 27.2 Å². The predicted molar refractivity (Wildman–Crippen MR) is 105 cm³/mol. The van der Waals surface area contributed by atoms with Gasteiger partial charge in [-0.15, -0.1) is 0 Å². The molecule has 0 radical (unpaired) electrons. The van der Waals surface area contributed by atoms with E-state index in [1.165, 1.54) is 23.1 Å². The molecule has 1 aromatic heterocycles. The Bertz CT molecular complexity index is 1010. The fraction of sp³-hybridized carbons (Fsp3) is 0.350. The van der Waals surface area contributed by atoms with Crippen molar-refractivity contribution in [2.45, 2.75) is 31.6 Å². The Labute approximate surface area is 180 Å². The van der Waals surface area contributed by atoms with E-state index in [1.54, 1.807) is 13.8 Å². The summed E-state index contributed by atoms with van der Waals surface area (Å²) in [5, 5.41) is 5.01. The molecule has 2 N–H and O–H groups in total. The first-order valence-electron chi connectivity index (χ1n) is 9.27. The summed E-state index contributed by atoms with van der Waals surface area (Å²) in [7, 11) is 0. The van der Waals surface area contributed by atoms with E-state index in [9.17, 15) is 27.2 Å². The number of aromatic nitrogens is 1. The summed E-state index contributed by atoms with van der Waals surface area (Å²) in [6.45, 7) is 3.52. The van der Waals surface area contributed by atoms with Crippen LogP contribution in [0.1, 0.15) is 36.8 Å². The van der Waals surface area contributed by atoms with Crippen molar-refractivity contribution >= 4 is 23.5 Å². The molecule has 0 saturated carbocycles. The Balaban J connectivity index is 2.02. The van der Waals surface area contributed by atoms with E-state index in [-0.39, 0.29) is 35.3 Å². The molecule has 1 aliphatic rings. The average molecular weight is 459 g/mol. The smallest absolute Gasteiger partial charge is 0.352 e. The number of halogens is 5. The maximum Gasteiger partial charge on any atom is 0.433 e. The van der Waals surface area contributed by atoms with Gasteiger partial charge in [0.1, 0.15) is 17.1 Å². The summed E-state index contributed by atoms with van der Waals surface area (Å²) in [4.78, 5) is 30.1. The summed E-state index contributed by atoms with van der Waals surface area (Å²) < 4.78 is 53.2. The standard InChI is InChI=1S/C20H19ClF4N4O2/c1-19(2)17(30)26-8-9-29(19)18(31)28-16(11-6-7-13(22)12(21)10-11)14-4-3-5-15(27-14)20(23,24)25/h3-7,10,16H,8-9H2,1-2H3,(H,26,30)(H,28,31). The summed E-state index contributed by atoms with van der Waals surface area (Å²) in [6.07, 6.45) is -4.70. The molecular weight excluding hydrogens is 440 g/mol. The van der Waals surface area contributed by atoms with Crippen LogP contribution in [0.25, 0.3) is 0 Å². The molecule has 1 unspecified atom stereocenters. The van der Waals surface area contributed by atoms with Gasteiger partial charge in [0.25, 0.3) is 0 Å². The summed E-state index contributed by atoms with van der Waals surface area (Å²) >= 11 is 5.85. The normalized spacial score (nSPS) is 17.1. The maximum atomic E-state index is 13.6. The molecule has 1 saturated heterocycles. The minimum Gasteiger partial charge on any atom is -0.352 e. The Morgan fingerprint density at radius 1 is 1.29 bits per heavy atom. The minimum absolute atomic E-state index is 0.120. The highest BCUT2D eigenvalue weighted by atomic mass is 35.5. The van der Waals surface area contributed by atoms with Gasteiger partial charge in [0.2, 0.25) is 5.91 Å². The van der Waals surface area contributed by atoms with Crippen LogP contribution in [0.3, 0.4) is 0 Å². The number of piperazine rings is 1. The SMILES string of the molecule is CC1(C)C(=O)NCCN1C(=O)NC(c1ccc(F)c(Cl)c1)c1cccc(C(F)(F)F)n1. The van der Waals surface area contributed by atoms with Gasteiger partial charge in [-0.1, -0.05) is 23.7 Å². The summed E-state index contributed by atoms with van der Waals surface area (Å²) in [6, 6.07) is 4.96. The van der Waals surface area contributed by atoms with Gasteiger partial charge in [-0.25, -0.2) is 14.2 Å². The van der Waals surface area contributed by atoms with Crippen molar-refractivity contribution in [3.8, 4) is 0 Å². The lowest BCUT2D eigenvalue weighted by atomic mass is 9.99. The van der Waals surface area contributed by atoms with E-state index in [4.69, 9.17) is 11.6 Å². The molecular formula is C20H19ClF4N4O2. The fourth-order valence-corrected chi connectivity index (χ4v) is 3.44. The lowest BCUT2D eigenvalue weighted by Crippen LogP contribution is -2.65. The highest BCUT2D eigenvalue weighted by molar-refractivity contribution is 6.30. The number of hydrogen-bond acceptors (Lipinski definition) is 3. The first kappa shape index (κ1) is 22.8. The molecule has 0 bridgehead atoms. The molecule has 1 fully saturated rings. The van der Waals surface area contributed by atoms with Gasteiger partial charge in [-0.3, -0.25) is 4.79 Å². The van der Waals surface area contributed by atoms with Crippen molar-refractivity contribution in [2.75, 3.05) is 13.1 Å². The fourth-order valence-electron chi connectivity index (χ4n) is 3.25. The monoisotopic (exact) mass is 458 g/mol. The van der Waals surface area contributed by atoms with E-state index in [2.05, 4.69) is 15.6 Å². The maximum absolute atomic E-state index is 13.6. The number of nitrogens with one attached hydrogen (secondary N) is 2. The molecule has 31 heavy (non-hydrogen) atoms. The van der Waals surface area contributed by atoms with Crippen LogP contribution in [0.2, 0.25) is 5.02 Å². The number of pyridine rings is 1. The molecule has 2 aromatic rings. The number of nitrogens with zero attached hydrogens (tertiary/aromatic N) is 2. The van der Waals surface area contributed by atoms with E-state index >= 15 is 0 Å². The third-order valence-corrected chi connectivity index (χ3v) is 5.29. The van der Waals surface area contributed by atoms with E-state index < -0.39 is 35.3 Å². The zero-order valence-electron chi connectivity index (χ0n) is 16.6. The van der Waals surface area contributed by atoms with Crippen molar-refractivity contribution in [1.82, 2.24) is 20.5 Å². The van der Waals surface area contributed by atoms with Crippen LogP contribution in [0.15, 0.2) is 36.4 Å². The summed E-state index contributed by atoms with van der Waals surface area (Å²) in [5.74, 6) is -1.09. The van der Waals surface area contributed by atoms with Crippen LogP contribution in [-0.4, -0.2) is 40.5 Å². The third-order valence-electron chi connectivity index (χ3n) is 5.00. The van der Waals surface area contributed by atoms with Crippen LogP contribution in [-0.2, 0) is 11.0 Å². The molecule has 1 aliphatic heterocycles. The third kappa shape index (κ3) is 4.73. The molecule has 166 valence electrons. The predicted octanol–water partition coefficient (Wildman–Crippen LogP) is 3.90. The highest BCUT2D eigenvalue weighted by Crippen LogP contribution is 2.31. The second kappa shape index (κ2) is 8.33. The number of carbonyl (C=O) groups is 2. The molecule has 0 aliphatic carbocycles. The van der Waals surface area contributed by atoms with E-state index in [0.29, 0.717) is 0 Å². The molecule has 3 rings (SSSR count). The molecule has 1 aromatic carbocycles. The first-order valence-corrected chi connectivity index (χ1v) is 9.64. The lowest BCUT2D eigenvalue weighted by Gasteiger charge is -2.41. The van der Waals surface area contributed by atoms with Crippen molar-refractivity contribution in [3.05, 3.63) is 64.2 Å². The van der Waals surface area contributed by atoms with Crippen molar-refractivity contribution in [1.29, 1.82) is 0 Å². The number of urea groups is 1. The minimum atomic E-state index is -4.70. The largest absolute Gasteiger partial charge is 0.433 e. The van der Waals surface area contributed by atoms with Crippen molar-refractivity contribution in [2.24, 2.45) is 0 Å². The first-order chi connectivity index (χ1) is 14.4. The second-order valence-corrected chi connectivity index (χ2v) is 7.88. The van der Waals surface area contributed by atoms with E-state index in [0.717, 1.165) is 18.2 Å². The highest BCUT2D eigenvalue weighted by Gasteiger charge is 2.41. The van der Waals surface area contributed by atoms with E-state index in [1.807, 2.05) is 0 Å². The Kier molecular flexibility index (Phi) is 6.13. The molecule has 1 atom stereocenters. The quantitative estimate of drug-likeness (QED) is 0.685. The number of alkyl halides is 3. The van der Waals surface area contributed by atoms with Gasteiger partial charge in [-0.05, 0) is 43.7 Å². The zero-order valence-corrected chi connectivity index (χ0v) is 17.3. The molecule has 11 heteroatoms. The average Bonchev–Trinajstić information content (AvgIpc) is 2.69. The van der Waals surface area contributed by atoms with Gasteiger partial charge in [0.15, 0.2) is 0 Å². The van der Waals surface area contributed by atoms with Gasteiger partial charge < -0.3 is 15.5 Å². The Hall–Kier alpha value is -2.88. The van der Waals surface area contributed by atoms with Gasteiger partial charge in [0, 0.05) is 13.1 Å². The topological polar surface area (TPSA) is 74.3 Å². The molecule has 0 spiro atoms. The van der Waals surface area contributed by atoms with Crippen LogP contribution in [0.4, 0.5) is 22.4 Å². The second-order valence-electron chi connectivity index (χ2n) is 7.47. The van der Waals surface area contributed by atoms with Crippen molar-refractivity contribution in [3.63, 3.8) is 0 Å². The van der Waals surface area contributed by atoms with Crippen LogP contribution >= 0.6 is 11.6 Å². The number of rotatable bonds is 3. The summed E-state index contributed by atoms with van der Waals surface area (Å²) in [5.41, 5.74) is -2.22. The van der Waals surface area contributed by atoms with Gasteiger partial charge in [-0.2, -0.15) is 13.2 Å². The Morgan fingerprint density at radius 2 is 2.00 bits per heavy atom.